The zero-order valence-electron chi connectivity index (χ0n) is 52.6. The molecule has 12 rings (SSSR count). The molecule has 0 aliphatic carbocycles. The predicted molar refractivity (Wildman–Crippen MR) is 370 cm³/mol. The van der Waals surface area contributed by atoms with Crippen LogP contribution >= 0.6 is 41.8 Å². The minimum atomic E-state index is -4.76. The van der Waals surface area contributed by atoms with Gasteiger partial charge in [0.2, 0.25) is 0 Å². The summed E-state index contributed by atoms with van der Waals surface area (Å²) in [5.74, 6) is 0.692. The fourth-order valence-corrected chi connectivity index (χ4v) is 16.7. The molecule has 0 fully saturated rings. The van der Waals surface area contributed by atoms with E-state index in [4.69, 9.17) is 27.8 Å². The molecule has 12 aromatic rings. The summed E-state index contributed by atoms with van der Waals surface area (Å²) in [5.41, 5.74) is 10.5. The van der Waals surface area contributed by atoms with Gasteiger partial charge in [-0.1, -0.05) is 0 Å². The third-order valence-electron chi connectivity index (χ3n) is 14.9. The van der Waals surface area contributed by atoms with E-state index in [9.17, 15) is 29.8 Å². The van der Waals surface area contributed by atoms with E-state index in [0.29, 0.717) is 67.2 Å². The summed E-state index contributed by atoms with van der Waals surface area (Å²) < 4.78 is 137. The smallest absolute Gasteiger partial charge is 0.475 e. The molecular formula is C63H63N12O13PS6. The van der Waals surface area contributed by atoms with Gasteiger partial charge in [0.1, 0.15) is 88.2 Å². The van der Waals surface area contributed by atoms with Crippen molar-refractivity contribution < 1.29 is 57.6 Å². The van der Waals surface area contributed by atoms with Crippen LogP contribution in [-0.2, 0) is 47.6 Å². The topological polar surface area (TPSA) is 327 Å². The number of hydrogen-bond donors (Lipinski definition) is 3. The van der Waals surface area contributed by atoms with Gasteiger partial charge in [-0.15, -0.1) is 34.0 Å². The van der Waals surface area contributed by atoms with Crippen molar-refractivity contribution in [2.75, 3.05) is 55.6 Å². The second kappa shape index (κ2) is 26.1. The number of rotatable bonds is 24. The van der Waals surface area contributed by atoms with Crippen LogP contribution in [0, 0.1) is 0 Å². The van der Waals surface area contributed by atoms with Crippen molar-refractivity contribution >= 4 is 169 Å². The average molecular weight is 1420 g/mol. The van der Waals surface area contributed by atoms with E-state index in [1.165, 1.54) is 89.4 Å². The number of phosphoric ester groups is 1. The molecule has 95 heavy (non-hydrogen) atoms. The molecule has 32 heteroatoms. The number of anilines is 6. The Morgan fingerprint density at radius 3 is 0.926 bits per heavy atom. The lowest BCUT2D eigenvalue weighted by Gasteiger charge is -2.23. The van der Waals surface area contributed by atoms with Crippen molar-refractivity contribution in [3.05, 3.63) is 127 Å². The molecule has 25 nitrogen and oxygen atoms in total. The van der Waals surface area contributed by atoms with Gasteiger partial charge in [-0.3, -0.25) is 13.6 Å². The molecule has 0 radical (unpaired) electrons. The van der Waals surface area contributed by atoms with Crippen LogP contribution in [0.2, 0.25) is 0 Å². The first-order valence-electron chi connectivity index (χ1n) is 29.4. The fourth-order valence-electron chi connectivity index (χ4n) is 9.68. The predicted octanol–water partition coefficient (Wildman–Crippen LogP) is 14.0. The second-order valence-electron chi connectivity index (χ2n) is 24.4. The highest BCUT2D eigenvalue weighted by molar-refractivity contribution is 7.93. The standard InChI is InChI=1S/C63H63N12O13PS6/c1-61(2,3)93(77,78)55-25-40-43(64-31-67-58(40)73-37-10-13-52-46(22-37)70-34-90-52)28-49(55)83-16-19-86-89(76,87-20-17-84-50-29-44-41(26-56(50)94(79,80)62(4,5)6)59(68-32-65-44)74-38-11-14-53-47(23-38)71-35-91-53)88-21-18-85-51-30-45-42(27-57(51)95(81,82)63(7,8)9)60(69-33-66-45)75-39-12-15-54-48(24-39)72-36-92-54/h10-15,22-36H,16-21H2,1-9H3,(H,64,67,73)(H,65,68,74)(H,66,69,75). The van der Waals surface area contributed by atoms with Crippen LogP contribution in [0.15, 0.2) is 141 Å². The number of fused-ring (bicyclic) bond motifs is 6. The molecule has 0 saturated heterocycles. The Labute approximate surface area is 558 Å². The van der Waals surface area contributed by atoms with E-state index in [0.717, 1.165) is 30.6 Å². The van der Waals surface area contributed by atoms with Gasteiger partial charge in [0.25, 0.3) is 0 Å². The van der Waals surface area contributed by atoms with Crippen molar-refractivity contribution in [2.24, 2.45) is 0 Å². The molecule has 3 N–H and O–H groups in total. The fraction of sp³-hybridized carbons (Fsp3) is 0.286. The number of nitrogens with one attached hydrogen (secondary N) is 3. The number of nitrogens with zero attached hydrogens (tertiary/aromatic N) is 9. The van der Waals surface area contributed by atoms with E-state index in [2.05, 4.69) is 60.8 Å². The van der Waals surface area contributed by atoms with Gasteiger partial charge in [-0.05, 0) is 135 Å². The Morgan fingerprint density at radius 1 is 0.368 bits per heavy atom. The number of ether oxygens (including phenoxy) is 3. The number of aromatic nitrogens is 9. The molecule has 0 amide bonds. The van der Waals surface area contributed by atoms with E-state index in [1.807, 2.05) is 54.6 Å². The molecule has 0 unspecified atom stereocenters. The van der Waals surface area contributed by atoms with Gasteiger partial charge in [-0.2, -0.15) is 0 Å². The number of sulfone groups is 3. The Balaban J connectivity index is 0.813. The van der Waals surface area contributed by atoms with Crippen LogP contribution in [-0.4, -0.2) is 124 Å². The summed E-state index contributed by atoms with van der Waals surface area (Å²) in [7, 11) is -17.2. The van der Waals surface area contributed by atoms with Crippen LogP contribution < -0.4 is 30.2 Å². The lowest BCUT2D eigenvalue weighted by molar-refractivity contribution is 0.0797. The Morgan fingerprint density at radius 2 is 0.653 bits per heavy atom. The first kappa shape index (κ1) is 66.8. The van der Waals surface area contributed by atoms with Crippen molar-refractivity contribution in [3.63, 3.8) is 0 Å². The van der Waals surface area contributed by atoms with Crippen molar-refractivity contribution in [3.8, 4) is 17.2 Å². The quantitative estimate of drug-likeness (QED) is 0.0374. The van der Waals surface area contributed by atoms with Gasteiger partial charge in [0.05, 0.1) is 97.8 Å². The maximum atomic E-state index is 15.0. The average Bonchev–Trinajstić information content (AvgIpc) is 1.19. The largest absolute Gasteiger partial charge is 0.490 e. The first-order valence-corrected chi connectivity index (χ1v) is 37.9. The molecule has 494 valence electrons. The summed E-state index contributed by atoms with van der Waals surface area (Å²) >= 11 is 4.49. The zero-order chi connectivity index (χ0) is 67.3. The molecule has 6 aromatic carbocycles. The number of phosphoric acid groups is 1. The summed E-state index contributed by atoms with van der Waals surface area (Å²) in [6.07, 6.45) is 3.98. The highest BCUT2D eigenvalue weighted by Crippen LogP contribution is 2.50. The minimum Gasteiger partial charge on any atom is -0.490 e. The van der Waals surface area contributed by atoms with Gasteiger partial charge in [-0.25, -0.2) is 74.7 Å². The molecule has 0 saturated carbocycles. The molecule has 0 atom stereocenters. The van der Waals surface area contributed by atoms with E-state index < -0.39 is 91.2 Å². The lowest BCUT2D eigenvalue weighted by atomic mass is 10.2. The monoisotopic (exact) mass is 1420 g/mol. The van der Waals surface area contributed by atoms with Gasteiger partial charge in [0, 0.05) is 51.4 Å². The van der Waals surface area contributed by atoms with Crippen molar-refractivity contribution in [1.82, 2.24) is 44.9 Å². The Bertz CT molecular complexity index is 4830. The number of benzene rings is 6. The zero-order valence-corrected chi connectivity index (χ0v) is 58.4. The van der Waals surface area contributed by atoms with Gasteiger partial charge in [0.15, 0.2) is 29.5 Å². The molecule has 0 aliphatic heterocycles. The maximum absolute atomic E-state index is 15.0. The first-order chi connectivity index (χ1) is 45.0. The molecule has 6 heterocycles. The van der Waals surface area contributed by atoms with E-state index in [-0.39, 0.29) is 31.9 Å². The van der Waals surface area contributed by atoms with Crippen LogP contribution in [0.5, 0.6) is 17.2 Å². The van der Waals surface area contributed by atoms with Crippen molar-refractivity contribution in [2.45, 2.75) is 91.2 Å². The molecular weight excluding hydrogens is 1360 g/mol. The van der Waals surface area contributed by atoms with E-state index >= 15 is 0 Å². The highest BCUT2D eigenvalue weighted by atomic mass is 32.2. The minimum absolute atomic E-state index is 0.0912. The molecule has 0 spiro atoms. The van der Waals surface area contributed by atoms with E-state index in [1.54, 1.807) is 78.8 Å². The Kier molecular flexibility index (Phi) is 18.3. The lowest BCUT2D eigenvalue weighted by Crippen LogP contribution is -2.28. The normalized spacial score (nSPS) is 12.9. The maximum Gasteiger partial charge on any atom is 0.475 e. The SMILES string of the molecule is CC(C)(C)S(=O)(=O)c1cc2c(Nc3ccc4scnc4c3)ncnc2cc1OCCOP(=O)(OCCOc1cc2ncnc(Nc3ccc4scnc4c3)c2cc1S(=O)(=O)C(C)(C)C)OCCOc1cc2ncnc(Nc3ccc4scnc4c3)c2cc1S(=O)(=O)C(C)(C)C. The van der Waals surface area contributed by atoms with Crippen LogP contribution in [0.4, 0.5) is 34.5 Å². The van der Waals surface area contributed by atoms with Gasteiger partial charge >= 0.3 is 7.82 Å². The van der Waals surface area contributed by atoms with Crippen molar-refractivity contribution in [1.29, 1.82) is 0 Å². The highest BCUT2D eigenvalue weighted by Gasteiger charge is 2.38. The van der Waals surface area contributed by atoms with Crippen LogP contribution in [0.3, 0.4) is 0 Å². The van der Waals surface area contributed by atoms with Crippen LogP contribution in [0.25, 0.3) is 63.4 Å². The third kappa shape index (κ3) is 13.9. The number of thiazole rings is 3. The summed E-state index contributed by atoms with van der Waals surface area (Å²) in [5, 5.41) is 10.9. The third-order valence-corrected chi connectivity index (χ3v) is 26.4. The molecule has 0 bridgehead atoms. The Hall–Kier alpha value is -8.23. The number of hydrogen-bond acceptors (Lipinski definition) is 28. The summed E-state index contributed by atoms with van der Waals surface area (Å²) in [6, 6.07) is 25.6. The molecule has 0 aliphatic rings. The van der Waals surface area contributed by atoms with Gasteiger partial charge < -0.3 is 30.2 Å². The molecule has 6 aromatic heterocycles. The summed E-state index contributed by atoms with van der Waals surface area (Å²) in [6.45, 7) is 11.2. The second-order valence-corrected chi connectivity index (χ2v) is 36.8. The summed E-state index contributed by atoms with van der Waals surface area (Å²) in [4.78, 5) is 39.4. The van der Waals surface area contributed by atoms with Crippen LogP contribution in [0.1, 0.15) is 62.3 Å².